The molecule has 5 heteroatoms. The number of aromatic nitrogens is 2. The first-order valence-corrected chi connectivity index (χ1v) is 8.54. The van der Waals surface area contributed by atoms with Gasteiger partial charge in [-0.15, -0.1) is 11.3 Å². The second-order valence-electron chi connectivity index (χ2n) is 4.97. The lowest BCUT2D eigenvalue weighted by Gasteiger charge is -2.20. The van der Waals surface area contributed by atoms with Crippen LogP contribution in [-0.4, -0.2) is 16.7 Å². The van der Waals surface area contributed by atoms with Gasteiger partial charge in [-0.1, -0.05) is 6.92 Å². The summed E-state index contributed by atoms with van der Waals surface area (Å²) in [5, 5.41) is 14.2. The van der Waals surface area contributed by atoms with Crippen molar-refractivity contribution in [3.63, 3.8) is 0 Å². The van der Waals surface area contributed by atoms with Crippen molar-refractivity contribution in [1.29, 1.82) is 0 Å². The highest BCUT2D eigenvalue weighted by Gasteiger charge is 2.16. The van der Waals surface area contributed by atoms with Crippen LogP contribution in [0.2, 0.25) is 0 Å². The van der Waals surface area contributed by atoms with E-state index in [0.717, 1.165) is 35.2 Å². The van der Waals surface area contributed by atoms with E-state index in [9.17, 15) is 0 Å². The number of hydrogen-bond donors (Lipinski definition) is 1. The predicted molar refractivity (Wildman–Crippen MR) is 88.3 cm³/mol. The third-order valence-electron chi connectivity index (χ3n) is 3.18. The summed E-state index contributed by atoms with van der Waals surface area (Å²) in [6.07, 6.45) is 2.11. The van der Waals surface area contributed by atoms with E-state index in [-0.39, 0.29) is 0 Å². The van der Waals surface area contributed by atoms with Crippen LogP contribution >= 0.6 is 27.3 Å². The molecule has 0 fully saturated rings. The van der Waals surface area contributed by atoms with E-state index < -0.39 is 0 Å². The molecule has 1 unspecified atom stereocenters. The van der Waals surface area contributed by atoms with Crippen LogP contribution in [0.5, 0.6) is 0 Å². The molecule has 0 radical (unpaired) electrons. The summed E-state index contributed by atoms with van der Waals surface area (Å²) in [6, 6.07) is 4.65. The molecule has 1 atom stereocenters. The van der Waals surface area contributed by atoms with Crippen LogP contribution in [0.4, 0.5) is 0 Å². The van der Waals surface area contributed by atoms with Crippen LogP contribution < -0.4 is 5.32 Å². The summed E-state index contributed by atoms with van der Waals surface area (Å²) in [6.45, 7) is 7.23. The molecule has 0 aromatic carbocycles. The second-order valence-corrected chi connectivity index (χ2v) is 6.88. The van der Waals surface area contributed by atoms with Crippen LogP contribution in [0.25, 0.3) is 0 Å². The van der Waals surface area contributed by atoms with Gasteiger partial charge in [0.2, 0.25) is 0 Å². The summed E-state index contributed by atoms with van der Waals surface area (Å²) in [5.74, 6) is 0. The highest BCUT2D eigenvalue weighted by Crippen LogP contribution is 2.26. The fraction of sp³-hybridized carbons (Fsp3) is 0.467. The Labute approximate surface area is 133 Å². The molecule has 2 aromatic heterocycles. The highest BCUT2D eigenvalue weighted by molar-refractivity contribution is 9.10. The zero-order chi connectivity index (χ0) is 14.5. The summed E-state index contributed by atoms with van der Waals surface area (Å²) in [4.78, 5) is 1.37. The number of nitrogens with zero attached hydrogens (tertiary/aromatic N) is 2. The predicted octanol–water partition coefficient (Wildman–Crippen LogP) is 4.20. The van der Waals surface area contributed by atoms with E-state index in [2.05, 4.69) is 55.9 Å². The summed E-state index contributed by atoms with van der Waals surface area (Å²) in [5.41, 5.74) is 3.25. The molecule has 3 nitrogen and oxygen atoms in total. The van der Waals surface area contributed by atoms with Gasteiger partial charge in [-0.25, -0.2) is 0 Å². The number of thiophene rings is 1. The average molecular weight is 354 g/mol. The maximum atomic E-state index is 4.26. The molecule has 2 heterocycles. The van der Waals surface area contributed by atoms with Crippen molar-refractivity contribution >= 4 is 27.3 Å². The van der Waals surface area contributed by atoms with Gasteiger partial charge < -0.3 is 5.32 Å². The molecule has 0 saturated carbocycles. The van der Waals surface area contributed by atoms with Gasteiger partial charge in [0.1, 0.15) is 0 Å². The SMILES string of the molecule is CCCNC(Cc1cc(Br)cs1)c1cc(C)nnc1C. The molecule has 0 aliphatic carbocycles. The van der Waals surface area contributed by atoms with Crippen LogP contribution in [0.1, 0.15) is 41.2 Å². The Morgan fingerprint density at radius 3 is 2.75 bits per heavy atom. The molecule has 2 aromatic rings. The maximum absolute atomic E-state index is 4.26. The molecule has 0 bridgehead atoms. The normalized spacial score (nSPS) is 12.6. The summed E-state index contributed by atoms with van der Waals surface area (Å²) < 4.78 is 1.16. The number of aryl methyl sites for hydroxylation is 2. The summed E-state index contributed by atoms with van der Waals surface area (Å²) >= 11 is 5.32. The Morgan fingerprint density at radius 1 is 1.30 bits per heavy atom. The molecule has 0 amide bonds. The lowest BCUT2D eigenvalue weighted by Crippen LogP contribution is -2.25. The Hall–Kier alpha value is -0.780. The van der Waals surface area contributed by atoms with Gasteiger partial charge in [0, 0.05) is 27.2 Å². The first-order chi connectivity index (χ1) is 9.60. The fourth-order valence-electron chi connectivity index (χ4n) is 2.20. The molecule has 2 rings (SSSR count). The third kappa shape index (κ3) is 4.11. The van der Waals surface area contributed by atoms with E-state index in [1.54, 1.807) is 11.3 Å². The molecular weight excluding hydrogens is 334 g/mol. The lowest BCUT2D eigenvalue weighted by molar-refractivity contribution is 0.526. The van der Waals surface area contributed by atoms with Crippen molar-refractivity contribution in [2.45, 2.75) is 39.7 Å². The number of halogens is 1. The van der Waals surface area contributed by atoms with Crippen LogP contribution in [0.3, 0.4) is 0 Å². The second kappa shape index (κ2) is 7.29. The van der Waals surface area contributed by atoms with Crippen LogP contribution in [0, 0.1) is 13.8 Å². The first-order valence-electron chi connectivity index (χ1n) is 6.87. The zero-order valence-corrected chi connectivity index (χ0v) is 14.5. The highest BCUT2D eigenvalue weighted by atomic mass is 79.9. The van der Waals surface area contributed by atoms with Gasteiger partial charge in [-0.3, -0.25) is 0 Å². The van der Waals surface area contributed by atoms with Crippen LogP contribution in [0.15, 0.2) is 22.0 Å². The largest absolute Gasteiger partial charge is 0.310 e. The third-order valence-corrected chi connectivity index (χ3v) is 4.90. The number of hydrogen-bond acceptors (Lipinski definition) is 4. The van der Waals surface area contributed by atoms with Crippen molar-refractivity contribution in [3.8, 4) is 0 Å². The molecule has 0 aliphatic heterocycles. The van der Waals surface area contributed by atoms with E-state index in [4.69, 9.17) is 0 Å². The minimum atomic E-state index is 0.301. The molecular formula is C15H20BrN3S. The molecule has 108 valence electrons. The Bertz CT molecular complexity index is 568. The quantitative estimate of drug-likeness (QED) is 0.845. The Kier molecular flexibility index (Phi) is 5.69. The van der Waals surface area contributed by atoms with Crippen molar-refractivity contribution in [2.75, 3.05) is 6.54 Å². The Morgan fingerprint density at radius 2 is 2.10 bits per heavy atom. The first kappa shape index (κ1) is 15.6. The van der Waals surface area contributed by atoms with E-state index in [0.29, 0.717) is 6.04 Å². The van der Waals surface area contributed by atoms with Crippen molar-refractivity contribution in [3.05, 3.63) is 43.8 Å². The number of nitrogens with one attached hydrogen (secondary N) is 1. The monoisotopic (exact) mass is 353 g/mol. The van der Waals surface area contributed by atoms with Crippen molar-refractivity contribution < 1.29 is 0 Å². The zero-order valence-electron chi connectivity index (χ0n) is 12.1. The minimum Gasteiger partial charge on any atom is -0.310 e. The van der Waals surface area contributed by atoms with E-state index in [1.165, 1.54) is 10.4 Å². The van der Waals surface area contributed by atoms with Gasteiger partial charge in [0.25, 0.3) is 0 Å². The standard InChI is InChI=1S/C15H20BrN3S/c1-4-5-17-15(8-13-7-12(16)9-20-13)14-6-10(2)18-19-11(14)3/h6-7,9,15,17H,4-5,8H2,1-3H3. The minimum absolute atomic E-state index is 0.301. The lowest BCUT2D eigenvalue weighted by atomic mass is 10.0. The summed E-state index contributed by atoms with van der Waals surface area (Å²) in [7, 11) is 0. The molecule has 0 aliphatic rings. The van der Waals surface area contributed by atoms with E-state index >= 15 is 0 Å². The van der Waals surface area contributed by atoms with Crippen molar-refractivity contribution in [2.24, 2.45) is 0 Å². The van der Waals surface area contributed by atoms with Crippen LogP contribution in [-0.2, 0) is 6.42 Å². The smallest absolute Gasteiger partial charge is 0.0648 e. The maximum Gasteiger partial charge on any atom is 0.0648 e. The molecule has 0 saturated heterocycles. The average Bonchev–Trinajstić information content (AvgIpc) is 2.83. The fourth-order valence-corrected chi connectivity index (χ4v) is 3.69. The van der Waals surface area contributed by atoms with Gasteiger partial charge in [0.15, 0.2) is 0 Å². The van der Waals surface area contributed by atoms with Crippen molar-refractivity contribution in [1.82, 2.24) is 15.5 Å². The molecule has 0 spiro atoms. The molecule has 20 heavy (non-hydrogen) atoms. The van der Waals surface area contributed by atoms with Gasteiger partial charge in [0.05, 0.1) is 11.4 Å². The Balaban J connectivity index is 2.24. The topological polar surface area (TPSA) is 37.8 Å². The van der Waals surface area contributed by atoms with Gasteiger partial charge >= 0.3 is 0 Å². The van der Waals surface area contributed by atoms with Gasteiger partial charge in [-0.05, 0) is 60.4 Å². The van der Waals surface area contributed by atoms with Gasteiger partial charge in [-0.2, -0.15) is 10.2 Å². The molecule has 1 N–H and O–H groups in total. The van der Waals surface area contributed by atoms with E-state index in [1.807, 2.05) is 13.8 Å². The number of rotatable bonds is 6.